The Morgan fingerprint density at radius 3 is 2.38 bits per heavy atom. The fraction of sp³-hybridized carbons (Fsp3) is 0.286. The van der Waals surface area contributed by atoms with E-state index in [0.717, 1.165) is 6.07 Å². The van der Waals surface area contributed by atoms with Gasteiger partial charge in [0, 0.05) is 5.69 Å². The van der Waals surface area contributed by atoms with Gasteiger partial charge in [0.05, 0.1) is 5.56 Å². The van der Waals surface area contributed by atoms with Crippen molar-refractivity contribution < 1.29 is 23.1 Å². The normalized spacial score (nSPS) is 11.7. The van der Waals surface area contributed by atoms with Crippen molar-refractivity contribution in [2.24, 2.45) is 0 Å². The Hall–Kier alpha value is -1.46. The number of hydrogen-bond acceptors (Lipinski definition) is 1. The highest BCUT2D eigenvalue weighted by Crippen LogP contribution is 2.32. The van der Waals surface area contributed by atoms with Gasteiger partial charge in [-0.25, -0.2) is 4.79 Å². The van der Waals surface area contributed by atoms with E-state index in [4.69, 9.17) is 5.11 Å². The Labute approximate surface area is 71.2 Å². The summed E-state index contributed by atoms with van der Waals surface area (Å²) in [5.41, 5.74) is -1.78. The Bertz CT molecular complexity index is 340. The van der Waals surface area contributed by atoms with E-state index < -0.39 is 23.4 Å². The molecule has 0 amide bonds. The quantitative estimate of drug-likeness (QED) is 0.716. The predicted molar refractivity (Wildman–Crippen MR) is 37.5 cm³/mol. The topological polar surface area (TPSA) is 53.1 Å². The van der Waals surface area contributed by atoms with Gasteiger partial charge in [-0.1, -0.05) is 0 Å². The van der Waals surface area contributed by atoms with Crippen molar-refractivity contribution in [2.75, 3.05) is 0 Å². The first kappa shape index (κ1) is 9.63. The lowest BCUT2D eigenvalue weighted by Gasteiger charge is -2.03. The molecule has 0 aromatic carbocycles. The molecule has 1 rings (SSSR count). The number of alkyl halides is 3. The zero-order valence-corrected chi connectivity index (χ0v) is 6.57. The number of hydrogen-bond donors (Lipinski definition) is 2. The molecular weight excluding hydrogens is 187 g/mol. The number of nitrogens with one attached hydrogen (secondary N) is 1. The number of H-pyrrole nitrogens is 1. The summed E-state index contributed by atoms with van der Waals surface area (Å²) in [5, 5.41) is 8.41. The Balaban J connectivity index is 3.28. The SMILES string of the molecule is Cc1cc(C(F)(F)F)c(C(=O)O)[nH]1. The number of aromatic nitrogens is 1. The first-order chi connectivity index (χ1) is 5.82. The van der Waals surface area contributed by atoms with Crippen molar-refractivity contribution >= 4 is 5.97 Å². The largest absolute Gasteiger partial charge is 0.477 e. The summed E-state index contributed by atoms with van der Waals surface area (Å²) in [6, 6.07) is 0.767. The second kappa shape index (κ2) is 2.79. The van der Waals surface area contributed by atoms with Crippen LogP contribution in [0.2, 0.25) is 0 Å². The minimum absolute atomic E-state index is 0.171. The third-order valence-electron chi connectivity index (χ3n) is 1.47. The van der Waals surface area contributed by atoms with Crippen LogP contribution in [-0.4, -0.2) is 16.1 Å². The van der Waals surface area contributed by atoms with Crippen LogP contribution >= 0.6 is 0 Å². The lowest BCUT2D eigenvalue weighted by atomic mass is 10.2. The maximum Gasteiger partial charge on any atom is 0.418 e. The van der Waals surface area contributed by atoms with Gasteiger partial charge in [0.15, 0.2) is 0 Å². The Morgan fingerprint density at radius 1 is 1.54 bits per heavy atom. The highest BCUT2D eigenvalue weighted by Gasteiger charge is 2.36. The number of aromatic amines is 1. The molecule has 0 unspecified atom stereocenters. The molecule has 0 spiro atoms. The van der Waals surface area contributed by atoms with Crippen LogP contribution in [-0.2, 0) is 6.18 Å². The van der Waals surface area contributed by atoms with Crippen LogP contribution in [0.1, 0.15) is 21.7 Å². The summed E-state index contributed by atoms with van der Waals surface area (Å²) in [4.78, 5) is 12.5. The smallest absolute Gasteiger partial charge is 0.418 e. The van der Waals surface area contributed by atoms with Gasteiger partial charge in [-0.2, -0.15) is 13.2 Å². The van der Waals surface area contributed by atoms with E-state index in [2.05, 4.69) is 4.98 Å². The summed E-state index contributed by atoms with van der Waals surface area (Å²) in [7, 11) is 0. The van der Waals surface area contributed by atoms with Crippen molar-refractivity contribution in [3.63, 3.8) is 0 Å². The Kier molecular flexibility index (Phi) is 2.07. The summed E-state index contributed by atoms with van der Waals surface area (Å²) < 4.78 is 36.4. The molecular formula is C7H6F3NO2. The summed E-state index contributed by atoms with van der Waals surface area (Å²) >= 11 is 0. The first-order valence-electron chi connectivity index (χ1n) is 3.32. The second-order valence-electron chi connectivity index (χ2n) is 2.54. The van der Waals surface area contributed by atoms with Crippen molar-refractivity contribution in [3.05, 3.63) is 23.0 Å². The van der Waals surface area contributed by atoms with Crippen LogP contribution in [0.15, 0.2) is 6.07 Å². The van der Waals surface area contributed by atoms with E-state index in [1.807, 2.05) is 0 Å². The predicted octanol–water partition coefficient (Wildman–Crippen LogP) is 2.04. The maximum atomic E-state index is 12.1. The van der Waals surface area contributed by atoms with Crippen molar-refractivity contribution in [1.82, 2.24) is 4.98 Å². The molecule has 0 bridgehead atoms. The molecule has 0 radical (unpaired) electrons. The molecule has 0 atom stereocenters. The average Bonchev–Trinajstić information content (AvgIpc) is 2.29. The van der Waals surface area contributed by atoms with E-state index in [9.17, 15) is 18.0 Å². The van der Waals surface area contributed by atoms with Gasteiger partial charge in [-0.05, 0) is 13.0 Å². The monoisotopic (exact) mass is 193 g/mol. The van der Waals surface area contributed by atoms with Crippen molar-refractivity contribution in [1.29, 1.82) is 0 Å². The molecule has 0 saturated heterocycles. The lowest BCUT2D eigenvalue weighted by Crippen LogP contribution is -2.10. The van der Waals surface area contributed by atoms with Gasteiger partial charge in [0.25, 0.3) is 0 Å². The molecule has 2 N–H and O–H groups in total. The highest BCUT2D eigenvalue weighted by atomic mass is 19.4. The van der Waals surface area contributed by atoms with Crippen LogP contribution < -0.4 is 0 Å². The number of carboxylic acids is 1. The fourth-order valence-electron chi connectivity index (χ4n) is 0.982. The molecule has 0 aliphatic rings. The molecule has 0 saturated carbocycles. The van der Waals surface area contributed by atoms with Gasteiger partial charge in [0.2, 0.25) is 0 Å². The van der Waals surface area contributed by atoms with Crippen LogP contribution in [0.3, 0.4) is 0 Å². The maximum absolute atomic E-state index is 12.1. The number of carboxylic acid groups (broad SMARTS) is 1. The summed E-state index contributed by atoms with van der Waals surface area (Å²) in [6.45, 7) is 1.36. The molecule has 13 heavy (non-hydrogen) atoms. The molecule has 1 heterocycles. The van der Waals surface area contributed by atoms with Crippen molar-refractivity contribution in [2.45, 2.75) is 13.1 Å². The Morgan fingerprint density at radius 2 is 2.08 bits per heavy atom. The van der Waals surface area contributed by atoms with Gasteiger partial charge in [0.1, 0.15) is 5.69 Å². The van der Waals surface area contributed by atoms with Crippen LogP contribution in [0, 0.1) is 6.92 Å². The van der Waals surface area contributed by atoms with Crippen LogP contribution in [0.25, 0.3) is 0 Å². The fourth-order valence-corrected chi connectivity index (χ4v) is 0.982. The average molecular weight is 193 g/mol. The van der Waals surface area contributed by atoms with E-state index in [1.165, 1.54) is 6.92 Å². The van der Waals surface area contributed by atoms with Gasteiger partial charge < -0.3 is 10.1 Å². The third kappa shape index (κ3) is 1.82. The zero-order valence-electron chi connectivity index (χ0n) is 6.57. The summed E-state index contributed by atoms with van der Waals surface area (Å²) in [5.74, 6) is -1.61. The van der Waals surface area contributed by atoms with E-state index >= 15 is 0 Å². The third-order valence-corrected chi connectivity index (χ3v) is 1.47. The molecule has 0 fully saturated rings. The van der Waals surface area contributed by atoms with E-state index in [1.54, 1.807) is 0 Å². The second-order valence-corrected chi connectivity index (χ2v) is 2.54. The number of aryl methyl sites for hydroxylation is 1. The van der Waals surface area contributed by atoms with Crippen LogP contribution in [0.4, 0.5) is 13.2 Å². The molecule has 3 nitrogen and oxygen atoms in total. The summed E-state index contributed by atoms with van der Waals surface area (Å²) in [6.07, 6.45) is -4.63. The number of carbonyl (C=O) groups is 1. The lowest BCUT2D eigenvalue weighted by molar-refractivity contribution is -0.138. The van der Waals surface area contributed by atoms with E-state index in [-0.39, 0.29) is 5.69 Å². The van der Waals surface area contributed by atoms with Gasteiger partial charge >= 0.3 is 12.1 Å². The molecule has 0 aliphatic carbocycles. The molecule has 0 aliphatic heterocycles. The number of rotatable bonds is 1. The molecule has 1 aromatic rings. The first-order valence-corrected chi connectivity index (χ1v) is 3.32. The minimum atomic E-state index is -4.63. The van der Waals surface area contributed by atoms with E-state index in [0.29, 0.717) is 0 Å². The molecule has 72 valence electrons. The standard InChI is InChI=1S/C7H6F3NO2/c1-3-2-4(7(8,9)10)5(11-3)6(12)13/h2,11H,1H3,(H,12,13). The number of aromatic carboxylic acids is 1. The minimum Gasteiger partial charge on any atom is -0.477 e. The highest BCUT2D eigenvalue weighted by molar-refractivity contribution is 5.87. The van der Waals surface area contributed by atoms with Gasteiger partial charge in [-0.3, -0.25) is 0 Å². The van der Waals surface area contributed by atoms with Crippen molar-refractivity contribution in [3.8, 4) is 0 Å². The number of halogens is 3. The van der Waals surface area contributed by atoms with Crippen LogP contribution in [0.5, 0.6) is 0 Å². The molecule has 6 heteroatoms. The zero-order chi connectivity index (χ0) is 10.2. The molecule has 1 aromatic heterocycles. The van der Waals surface area contributed by atoms with Gasteiger partial charge in [-0.15, -0.1) is 0 Å².